The lowest BCUT2D eigenvalue weighted by Crippen LogP contribution is -2.52. The monoisotopic (exact) mass is 455 g/mol. The van der Waals surface area contributed by atoms with Gasteiger partial charge in [-0.1, -0.05) is 42.5 Å². The Morgan fingerprint density at radius 1 is 0.938 bits per heavy atom. The van der Waals surface area contributed by atoms with E-state index in [-0.39, 0.29) is 12.8 Å². The van der Waals surface area contributed by atoms with Gasteiger partial charge in [0.25, 0.3) is 5.91 Å². The summed E-state index contributed by atoms with van der Waals surface area (Å²) >= 11 is 1.58. The first-order valence-electron chi connectivity index (χ1n) is 10.1. The zero-order valence-electron chi connectivity index (χ0n) is 17.4. The van der Waals surface area contributed by atoms with Crippen molar-refractivity contribution >= 4 is 39.1 Å². The van der Waals surface area contributed by atoms with Crippen LogP contribution >= 0.6 is 11.3 Å². The van der Waals surface area contributed by atoms with E-state index in [4.69, 9.17) is 5.21 Å². The van der Waals surface area contributed by atoms with Gasteiger partial charge in [-0.2, -0.15) is 0 Å². The van der Waals surface area contributed by atoms with E-state index >= 15 is 0 Å². The van der Waals surface area contributed by atoms with Crippen LogP contribution in [0.15, 0.2) is 60.0 Å². The summed E-state index contributed by atoms with van der Waals surface area (Å²) in [5, 5.41) is 27.5. The van der Waals surface area contributed by atoms with Crippen molar-refractivity contribution in [3.05, 3.63) is 71.1 Å². The van der Waals surface area contributed by atoms with Crippen LogP contribution in [0.3, 0.4) is 0 Å². The molecule has 0 saturated carbocycles. The Balaban J connectivity index is 1.83. The van der Waals surface area contributed by atoms with Crippen molar-refractivity contribution in [3.8, 4) is 0 Å². The van der Waals surface area contributed by atoms with Crippen molar-refractivity contribution in [2.24, 2.45) is 5.92 Å². The van der Waals surface area contributed by atoms with E-state index in [0.29, 0.717) is 0 Å². The van der Waals surface area contributed by atoms with Gasteiger partial charge in [-0.15, -0.1) is 11.3 Å². The van der Waals surface area contributed by atoms with Crippen LogP contribution in [-0.2, 0) is 27.2 Å². The summed E-state index contributed by atoms with van der Waals surface area (Å²) in [5.41, 5.74) is 2.97. The minimum absolute atomic E-state index is 0.0397. The molecular formula is C23H25N3O5S. The van der Waals surface area contributed by atoms with Crippen LogP contribution < -0.4 is 16.1 Å². The molecule has 8 nitrogen and oxygen atoms in total. The lowest BCUT2D eigenvalue weighted by atomic mass is 9.91. The Morgan fingerprint density at radius 3 is 2.38 bits per heavy atom. The Labute approximate surface area is 189 Å². The van der Waals surface area contributed by atoms with Crippen LogP contribution in [0.25, 0.3) is 10.1 Å². The molecule has 3 atom stereocenters. The molecule has 0 fully saturated rings. The number of aliphatic hydroxyl groups excluding tert-OH is 1. The first-order chi connectivity index (χ1) is 15.4. The van der Waals surface area contributed by atoms with Crippen molar-refractivity contribution < 1.29 is 24.7 Å². The number of likely N-dealkylation sites (N-methyl/N-ethyl adjacent to an activating group) is 1. The van der Waals surface area contributed by atoms with Gasteiger partial charge in [0.1, 0.15) is 12.1 Å². The Morgan fingerprint density at radius 2 is 1.69 bits per heavy atom. The minimum atomic E-state index is -1.81. The molecule has 1 heterocycles. The molecule has 0 aliphatic carbocycles. The summed E-state index contributed by atoms with van der Waals surface area (Å²) in [4.78, 5) is 37.5. The van der Waals surface area contributed by atoms with Crippen LogP contribution in [0.1, 0.15) is 11.1 Å². The van der Waals surface area contributed by atoms with Crippen molar-refractivity contribution in [2.45, 2.75) is 25.0 Å². The van der Waals surface area contributed by atoms with Crippen LogP contribution in [-0.4, -0.2) is 47.2 Å². The summed E-state index contributed by atoms with van der Waals surface area (Å²) in [6.07, 6.45) is -1.53. The van der Waals surface area contributed by atoms with Crippen LogP contribution in [0.5, 0.6) is 0 Å². The Kier molecular flexibility index (Phi) is 7.93. The van der Waals surface area contributed by atoms with Gasteiger partial charge in [-0.3, -0.25) is 19.6 Å². The van der Waals surface area contributed by atoms with E-state index < -0.39 is 35.8 Å². The second kappa shape index (κ2) is 10.9. The van der Waals surface area contributed by atoms with E-state index in [1.54, 1.807) is 11.3 Å². The van der Waals surface area contributed by atoms with Gasteiger partial charge in [0.15, 0.2) is 0 Å². The van der Waals surface area contributed by atoms with Crippen molar-refractivity contribution in [1.82, 2.24) is 16.1 Å². The molecule has 3 aromatic rings. The fraction of sp³-hybridized carbons (Fsp3) is 0.261. The SMILES string of the molecule is CNC(=O)[C@H](Cc1ccccc1)NC(=O)[C@H](Cc1ccc2sccc2c1)C(O)C(=O)NO. The van der Waals surface area contributed by atoms with Crippen molar-refractivity contribution in [3.63, 3.8) is 0 Å². The van der Waals surface area contributed by atoms with Gasteiger partial charge in [-0.05, 0) is 40.4 Å². The van der Waals surface area contributed by atoms with Gasteiger partial charge in [0.05, 0.1) is 5.92 Å². The maximum absolute atomic E-state index is 13.1. The number of fused-ring (bicyclic) bond motifs is 1. The molecule has 0 aliphatic rings. The van der Waals surface area contributed by atoms with E-state index in [2.05, 4.69) is 10.6 Å². The number of nitrogens with one attached hydrogen (secondary N) is 3. The average Bonchev–Trinajstić information content (AvgIpc) is 3.29. The van der Waals surface area contributed by atoms with Gasteiger partial charge >= 0.3 is 0 Å². The van der Waals surface area contributed by atoms with Crippen LogP contribution in [0, 0.1) is 5.92 Å². The second-order valence-electron chi connectivity index (χ2n) is 7.39. The molecular weight excluding hydrogens is 430 g/mol. The molecule has 32 heavy (non-hydrogen) atoms. The predicted octanol–water partition coefficient (Wildman–Crippen LogP) is 1.40. The highest BCUT2D eigenvalue weighted by Gasteiger charge is 2.34. The van der Waals surface area contributed by atoms with Crippen molar-refractivity contribution in [2.75, 3.05) is 7.05 Å². The Hall–Kier alpha value is -3.27. The average molecular weight is 456 g/mol. The smallest absolute Gasteiger partial charge is 0.272 e. The summed E-state index contributed by atoms with van der Waals surface area (Å²) in [6.45, 7) is 0. The zero-order valence-corrected chi connectivity index (χ0v) is 18.3. The molecule has 168 valence electrons. The molecule has 9 heteroatoms. The number of benzene rings is 2. The van der Waals surface area contributed by atoms with Crippen LogP contribution in [0.4, 0.5) is 0 Å². The third kappa shape index (κ3) is 5.70. The molecule has 3 amide bonds. The van der Waals surface area contributed by atoms with E-state index in [0.717, 1.165) is 21.2 Å². The highest BCUT2D eigenvalue weighted by atomic mass is 32.1. The number of aliphatic hydroxyl groups is 1. The number of amides is 3. The molecule has 5 N–H and O–H groups in total. The first-order valence-corrected chi connectivity index (χ1v) is 10.9. The Bertz CT molecular complexity index is 1090. The summed E-state index contributed by atoms with van der Waals surface area (Å²) < 4.78 is 1.07. The lowest BCUT2D eigenvalue weighted by molar-refractivity contribution is -0.146. The zero-order chi connectivity index (χ0) is 23.1. The van der Waals surface area contributed by atoms with Gasteiger partial charge in [-0.25, -0.2) is 5.48 Å². The molecule has 0 radical (unpaired) electrons. The molecule has 0 saturated heterocycles. The maximum atomic E-state index is 13.1. The highest BCUT2D eigenvalue weighted by Crippen LogP contribution is 2.24. The number of carbonyl (C=O) groups excluding carboxylic acids is 3. The largest absolute Gasteiger partial charge is 0.382 e. The lowest BCUT2D eigenvalue weighted by Gasteiger charge is -2.24. The number of rotatable bonds is 9. The number of thiophene rings is 1. The predicted molar refractivity (Wildman–Crippen MR) is 121 cm³/mol. The topological polar surface area (TPSA) is 128 Å². The van der Waals surface area contributed by atoms with E-state index in [1.807, 2.05) is 60.0 Å². The quantitative estimate of drug-likeness (QED) is 0.246. The van der Waals surface area contributed by atoms with Gasteiger partial charge in [0.2, 0.25) is 11.8 Å². The number of hydrogen-bond acceptors (Lipinski definition) is 6. The molecule has 3 rings (SSSR count). The maximum Gasteiger partial charge on any atom is 0.272 e. The third-order valence-corrected chi connectivity index (χ3v) is 6.13. The summed E-state index contributed by atoms with van der Waals surface area (Å²) in [7, 11) is 1.47. The van der Waals surface area contributed by atoms with Crippen molar-refractivity contribution in [1.29, 1.82) is 0 Å². The fourth-order valence-corrected chi connectivity index (χ4v) is 4.28. The fourth-order valence-electron chi connectivity index (χ4n) is 3.51. The van der Waals surface area contributed by atoms with Gasteiger partial charge in [0, 0.05) is 18.2 Å². The normalized spacial score (nSPS) is 13.7. The standard InChI is InChI=1S/C23H25N3O5S/c1-24-22(29)18(13-14-5-3-2-4-6-14)25-21(28)17(20(27)23(30)26-31)12-15-7-8-19-16(11-15)9-10-32-19/h2-11,17-18,20,27,31H,12-13H2,1H3,(H,24,29)(H,25,28)(H,26,30)/t17-,18+,20?/m1/s1. The number of hydroxylamine groups is 1. The van der Waals surface area contributed by atoms with Gasteiger partial charge < -0.3 is 15.7 Å². The molecule has 2 aromatic carbocycles. The molecule has 1 aromatic heterocycles. The highest BCUT2D eigenvalue weighted by molar-refractivity contribution is 7.17. The molecule has 0 bridgehead atoms. The molecule has 1 unspecified atom stereocenters. The van der Waals surface area contributed by atoms with Crippen LogP contribution in [0.2, 0.25) is 0 Å². The third-order valence-electron chi connectivity index (χ3n) is 5.23. The summed E-state index contributed by atoms with van der Waals surface area (Å²) in [5.74, 6) is -3.39. The number of hydrogen-bond donors (Lipinski definition) is 5. The van der Waals surface area contributed by atoms with E-state index in [1.165, 1.54) is 12.5 Å². The molecule has 0 aliphatic heterocycles. The number of carbonyl (C=O) groups is 3. The first kappa shape index (κ1) is 23.4. The second-order valence-corrected chi connectivity index (χ2v) is 8.34. The minimum Gasteiger partial charge on any atom is -0.382 e. The molecule has 0 spiro atoms. The van der Waals surface area contributed by atoms with E-state index in [9.17, 15) is 19.5 Å². The summed E-state index contributed by atoms with van der Waals surface area (Å²) in [6, 6.07) is 15.8.